The molecule has 0 aliphatic carbocycles. The molecule has 0 aliphatic rings. The zero-order valence-corrected chi connectivity index (χ0v) is 18.0. The van der Waals surface area contributed by atoms with Gasteiger partial charge in [0.1, 0.15) is 17.0 Å². The van der Waals surface area contributed by atoms with E-state index >= 15 is 0 Å². The third kappa shape index (κ3) is 5.76. The molecule has 5 N–H and O–H groups in total. The van der Waals surface area contributed by atoms with E-state index < -0.39 is 17.6 Å². The van der Waals surface area contributed by atoms with Crippen LogP contribution in [0.15, 0.2) is 48.5 Å². The Balaban J connectivity index is 1.73. The summed E-state index contributed by atoms with van der Waals surface area (Å²) < 4.78 is 11.2. The molecule has 0 saturated carbocycles. The first-order chi connectivity index (χ1) is 14.8. The molecule has 164 valence electrons. The number of amides is 2. The van der Waals surface area contributed by atoms with Crippen LogP contribution >= 0.6 is 0 Å². The first-order valence-electron chi connectivity index (χ1n) is 10.1. The summed E-state index contributed by atoms with van der Waals surface area (Å²) in [4.78, 5) is 26.9. The van der Waals surface area contributed by atoms with E-state index in [1.807, 2.05) is 63.2 Å². The number of hydrogen-bond donors (Lipinski definition) is 4. The van der Waals surface area contributed by atoms with Gasteiger partial charge in [-0.05, 0) is 51.0 Å². The van der Waals surface area contributed by atoms with E-state index in [2.05, 4.69) is 15.7 Å². The molecule has 0 fully saturated rings. The molecule has 1 aromatic heterocycles. The number of nitrogens with one attached hydrogen (secondary N) is 3. The van der Waals surface area contributed by atoms with Gasteiger partial charge in [-0.25, -0.2) is 10.6 Å². The van der Waals surface area contributed by atoms with Crippen molar-refractivity contribution in [2.24, 2.45) is 5.84 Å². The van der Waals surface area contributed by atoms with Gasteiger partial charge >= 0.3 is 6.09 Å². The van der Waals surface area contributed by atoms with Gasteiger partial charge in [0.25, 0.3) is 5.91 Å². The predicted molar refractivity (Wildman–Crippen MR) is 120 cm³/mol. The highest BCUT2D eigenvalue weighted by molar-refractivity contribution is 6.04. The lowest BCUT2D eigenvalue weighted by atomic mass is 10.0. The second-order valence-corrected chi connectivity index (χ2v) is 8.05. The Hall–Kier alpha value is -3.52. The Bertz CT molecular complexity index is 1050. The van der Waals surface area contributed by atoms with Gasteiger partial charge in [0.2, 0.25) is 0 Å². The highest BCUT2D eigenvalue weighted by Gasteiger charge is 2.17. The summed E-state index contributed by atoms with van der Waals surface area (Å²) in [6.45, 7) is 6.26. The fraction of sp³-hybridized carbons (Fsp3) is 0.304. The second kappa shape index (κ2) is 9.53. The van der Waals surface area contributed by atoms with E-state index in [0.717, 1.165) is 22.0 Å². The third-order valence-electron chi connectivity index (χ3n) is 4.46. The van der Waals surface area contributed by atoms with E-state index in [4.69, 9.17) is 15.3 Å². The van der Waals surface area contributed by atoms with Gasteiger partial charge in [-0.2, -0.15) is 0 Å². The lowest BCUT2D eigenvalue weighted by molar-refractivity contribution is 0.0525. The molecular weight excluding hydrogens is 396 g/mol. The fourth-order valence-corrected chi connectivity index (χ4v) is 3.14. The maximum atomic E-state index is 12.0. The summed E-state index contributed by atoms with van der Waals surface area (Å²) >= 11 is 0. The summed E-state index contributed by atoms with van der Waals surface area (Å²) in [5.41, 5.74) is 4.71. The average Bonchev–Trinajstić information content (AvgIpc) is 3.18. The number of hydrogen-bond acceptors (Lipinski definition) is 5. The van der Waals surface area contributed by atoms with Crippen molar-refractivity contribution in [2.45, 2.75) is 32.8 Å². The maximum Gasteiger partial charge on any atom is 0.407 e. The fourth-order valence-electron chi connectivity index (χ4n) is 3.14. The van der Waals surface area contributed by atoms with Crippen LogP contribution in [-0.4, -0.2) is 35.7 Å². The number of rotatable bonds is 7. The van der Waals surface area contributed by atoms with Crippen LogP contribution in [0.1, 0.15) is 37.7 Å². The topological polar surface area (TPSA) is 118 Å². The molecule has 1 heterocycles. The van der Waals surface area contributed by atoms with Gasteiger partial charge in [-0.3, -0.25) is 10.2 Å². The first-order valence-corrected chi connectivity index (χ1v) is 10.1. The molecule has 2 aromatic carbocycles. The summed E-state index contributed by atoms with van der Waals surface area (Å²) in [5.74, 6) is 5.52. The van der Waals surface area contributed by atoms with E-state index in [9.17, 15) is 9.59 Å². The van der Waals surface area contributed by atoms with Crippen molar-refractivity contribution in [1.82, 2.24) is 15.7 Å². The Kier molecular flexibility index (Phi) is 6.81. The van der Waals surface area contributed by atoms with E-state index in [-0.39, 0.29) is 0 Å². The predicted octanol–water partition coefficient (Wildman–Crippen LogP) is 3.73. The van der Waals surface area contributed by atoms with Crippen LogP contribution in [0.2, 0.25) is 0 Å². The molecular formula is C23H28N4O4. The Labute approximate surface area is 181 Å². The first kappa shape index (κ1) is 22.2. The van der Waals surface area contributed by atoms with Crippen LogP contribution in [-0.2, 0) is 4.74 Å². The molecule has 3 aromatic rings. The van der Waals surface area contributed by atoms with Crippen molar-refractivity contribution in [2.75, 3.05) is 13.2 Å². The molecule has 8 nitrogen and oxygen atoms in total. The number of nitrogen functional groups attached to an aromatic ring is 1. The normalized spacial score (nSPS) is 11.2. The summed E-state index contributed by atoms with van der Waals surface area (Å²) in [6.07, 6.45) is 0.145. The van der Waals surface area contributed by atoms with Crippen LogP contribution < -0.4 is 21.3 Å². The van der Waals surface area contributed by atoms with Gasteiger partial charge < -0.3 is 19.8 Å². The molecule has 0 unspecified atom stereocenters. The smallest absolute Gasteiger partial charge is 0.407 e. The number of carbonyl (C=O) groups excluding carboxylic acids is 2. The van der Waals surface area contributed by atoms with E-state index in [1.54, 1.807) is 6.07 Å². The number of carbonyl (C=O) groups is 2. The summed E-state index contributed by atoms with van der Waals surface area (Å²) in [5, 5.41) is 3.48. The van der Waals surface area contributed by atoms with Gasteiger partial charge in [0, 0.05) is 17.5 Å². The number of benzene rings is 2. The van der Waals surface area contributed by atoms with Crippen LogP contribution in [0.25, 0.3) is 22.0 Å². The van der Waals surface area contributed by atoms with Gasteiger partial charge in [-0.15, -0.1) is 0 Å². The Morgan fingerprint density at radius 2 is 1.84 bits per heavy atom. The zero-order chi connectivity index (χ0) is 22.4. The molecule has 0 atom stereocenters. The second-order valence-electron chi connectivity index (χ2n) is 8.05. The van der Waals surface area contributed by atoms with Crippen LogP contribution in [0.3, 0.4) is 0 Å². The highest BCUT2D eigenvalue weighted by atomic mass is 16.6. The van der Waals surface area contributed by atoms with Gasteiger partial charge in [-0.1, -0.05) is 30.3 Å². The van der Waals surface area contributed by atoms with Crippen molar-refractivity contribution in [1.29, 1.82) is 0 Å². The minimum atomic E-state index is -0.533. The van der Waals surface area contributed by atoms with Gasteiger partial charge in [0.15, 0.2) is 0 Å². The lowest BCUT2D eigenvalue weighted by Gasteiger charge is -2.19. The number of fused-ring (bicyclic) bond motifs is 1. The van der Waals surface area contributed by atoms with Crippen LogP contribution in [0, 0.1) is 0 Å². The molecule has 0 radical (unpaired) electrons. The number of H-pyrrole nitrogens is 1. The zero-order valence-electron chi connectivity index (χ0n) is 18.0. The van der Waals surface area contributed by atoms with Crippen molar-refractivity contribution in [3.05, 3.63) is 54.2 Å². The molecule has 0 saturated heterocycles. The van der Waals surface area contributed by atoms with Crippen molar-refractivity contribution in [3.63, 3.8) is 0 Å². The number of hydrazine groups is 1. The molecule has 2 amide bonds. The number of aromatic nitrogens is 1. The maximum absolute atomic E-state index is 12.0. The minimum absolute atomic E-state index is 0.345. The van der Waals surface area contributed by atoms with Crippen molar-refractivity contribution >= 4 is 22.9 Å². The number of aromatic amines is 1. The molecule has 8 heteroatoms. The van der Waals surface area contributed by atoms with Crippen LogP contribution in [0.4, 0.5) is 4.79 Å². The lowest BCUT2D eigenvalue weighted by Crippen LogP contribution is -2.33. The standard InChI is InChI=1S/C23H28N4O4/c1-23(2,3)31-22(29)25-12-7-13-30-19-11-10-16(15-8-5-4-6-9-15)20-17(19)14-18(26-20)21(28)27-24/h4-6,8-11,14,26H,7,12-13,24H2,1-3H3,(H,25,29)(H,27,28). The average molecular weight is 425 g/mol. The number of ether oxygens (including phenoxy) is 2. The number of nitrogens with two attached hydrogens (primary N) is 1. The monoisotopic (exact) mass is 424 g/mol. The summed E-state index contributed by atoms with van der Waals surface area (Å²) in [6, 6.07) is 15.4. The van der Waals surface area contributed by atoms with Crippen molar-refractivity contribution in [3.8, 4) is 16.9 Å². The minimum Gasteiger partial charge on any atom is -0.493 e. The van der Waals surface area contributed by atoms with E-state index in [1.165, 1.54) is 0 Å². The van der Waals surface area contributed by atoms with Crippen LogP contribution in [0.5, 0.6) is 5.75 Å². The molecule has 0 bridgehead atoms. The number of alkyl carbamates (subject to hydrolysis) is 1. The summed E-state index contributed by atoms with van der Waals surface area (Å²) in [7, 11) is 0. The molecule has 3 rings (SSSR count). The molecule has 31 heavy (non-hydrogen) atoms. The molecule has 0 spiro atoms. The van der Waals surface area contributed by atoms with E-state index in [0.29, 0.717) is 31.0 Å². The highest BCUT2D eigenvalue weighted by Crippen LogP contribution is 2.35. The molecule has 0 aliphatic heterocycles. The Morgan fingerprint density at radius 1 is 1.10 bits per heavy atom. The Morgan fingerprint density at radius 3 is 2.52 bits per heavy atom. The van der Waals surface area contributed by atoms with Crippen molar-refractivity contribution < 1.29 is 19.1 Å². The SMILES string of the molecule is CC(C)(C)OC(=O)NCCCOc1ccc(-c2ccccc2)c2[nH]c(C(=O)NN)cc12. The quantitative estimate of drug-likeness (QED) is 0.199. The third-order valence-corrected chi connectivity index (χ3v) is 4.46. The largest absolute Gasteiger partial charge is 0.493 e. The van der Waals surface area contributed by atoms with Gasteiger partial charge in [0.05, 0.1) is 12.1 Å².